The number of nitrogens with zero attached hydrogens (tertiary/aromatic N) is 1. The van der Waals surface area contributed by atoms with Crippen LogP contribution in [0.25, 0.3) is 23.3 Å². The molecule has 0 fully saturated rings. The minimum atomic E-state index is 0.283. The van der Waals surface area contributed by atoms with E-state index in [9.17, 15) is 5.11 Å². The van der Waals surface area contributed by atoms with Crippen LogP contribution in [0.3, 0.4) is 0 Å². The molecule has 3 rings (SSSR count). The number of para-hydroxylation sites is 1. The van der Waals surface area contributed by atoms with Crippen molar-refractivity contribution in [2.24, 2.45) is 0 Å². The SMILES string of the molecule is Oc1ccccc1C=Cc1c[c]c(-c2ccncc2)cc1. The lowest BCUT2D eigenvalue weighted by atomic mass is 10.0. The molecule has 0 unspecified atom stereocenters. The van der Waals surface area contributed by atoms with E-state index in [0.29, 0.717) is 0 Å². The van der Waals surface area contributed by atoms with Crippen LogP contribution in [0, 0.1) is 6.07 Å². The molecule has 0 aliphatic carbocycles. The molecule has 2 nitrogen and oxygen atoms in total. The highest BCUT2D eigenvalue weighted by Crippen LogP contribution is 2.21. The maximum atomic E-state index is 9.72. The standard InChI is InChI=1S/C19H14NO/c21-19-4-2-1-3-18(19)10-7-15-5-8-16(9-6-15)17-11-13-20-14-12-17/h1-8,10-14,21H. The van der Waals surface area contributed by atoms with Crippen LogP contribution in [-0.4, -0.2) is 10.1 Å². The van der Waals surface area contributed by atoms with Crippen LogP contribution < -0.4 is 0 Å². The first-order chi connectivity index (χ1) is 10.3. The molecule has 0 bridgehead atoms. The Kier molecular flexibility index (Phi) is 3.79. The van der Waals surface area contributed by atoms with Crippen LogP contribution in [0.4, 0.5) is 0 Å². The molecule has 0 aliphatic rings. The summed E-state index contributed by atoms with van der Waals surface area (Å²) in [7, 11) is 0. The number of benzene rings is 2. The van der Waals surface area contributed by atoms with Gasteiger partial charge < -0.3 is 5.11 Å². The van der Waals surface area contributed by atoms with Gasteiger partial charge >= 0.3 is 0 Å². The number of hydrogen-bond donors (Lipinski definition) is 1. The van der Waals surface area contributed by atoms with Crippen LogP contribution in [0.2, 0.25) is 0 Å². The second-order valence-corrected chi connectivity index (χ2v) is 4.66. The highest BCUT2D eigenvalue weighted by molar-refractivity contribution is 5.73. The largest absolute Gasteiger partial charge is 0.507 e. The van der Waals surface area contributed by atoms with Gasteiger partial charge in [0, 0.05) is 18.0 Å². The predicted molar refractivity (Wildman–Crippen MR) is 85.5 cm³/mol. The molecule has 2 aromatic carbocycles. The number of rotatable bonds is 3. The van der Waals surface area contributed by atoms with Crippen molar-refractivity contribution in [2.75, 3.05) is 0 Å². The molecule has 0 amide bonds. The molecular weight excluding hydrogens is 258 g/mol. The van der Waals surface area contributed by atoms with E-state index in [1.54, 1.807) is 18.5 Å². The summed E-state index contributed by atoms with van der Waals surface area (Å²) >= 11 is 0. The Morgan fingerprint density at radius 1 is 0.905 bits per heavy atom. The van der Waals surface area contributed by atoms with Crippen molar-refractivity contribution >= 4 is 12.2 Å². The molecule has 101 valence electrons. The Morgan fingerprint density at radius 3 is 2.43 bits per heavy atom. The first kappa shape index (κ1) is 13.1. The van der Waals surface area contributed by atoms with Crippen LogP contribution >= 0.6 is 0 Å². The Bertz CT molecular complexity index is 746. The summed E-state index contributed by atoms with van der Waals surface area (Å²) < 4.78 is 0. The molecule has 0 aliphatic heterocycles. The molecular formula is C19H14NO. The molecule has 0 spiro atoms. The Labute approximate surface area is 124 Å². The number of phenolic OH excluding ortho intramolecular Hbond substituents is 1. The fourth-order valence-electron chi connectivity index (χ4n) is 2.07. The van der Waals surface area contributed by atoms with Crippen LogP contribution in [0.15, 0.2) is 67.0 Å². The smallest absolute Gasteiger partial charge is 0.122 e. The molecule has 21 heavy (non-hydrogen) atoms. The van der Waals surface area contributed by atoms with E-state index in [-0.39, 0.29) is 5.75 Å². The predicted octanol–water partition coefficient (Wildman–Crippen LogP) is 4.42. The van der Waals surface area contributed by atoms with Crippen molar-refractivity contribution in [3.8, 4) is 16.9 Å². The van der Waals surface area contributed by atoms with Gasteiger partial charge in [0.1, 0.15) is 5.75 Å². The van der Waals surface area contributed by atoms with E-state index in [1.807, 2.05) is 60.7 Å². The molecule has 3 aromatic rings. The monoisotopic (exact) mass is 272 g/mol. The highest BCUT2D eigenvalue weighted by Gasteiger charge is 1.97. The van der Waals surface area contributed by atoms with Crippen LogP contribution in [-0.2, 0) is 0 Å². The van der Waals surface area contributed by atoms with E-state index in [4.69, 9.17) is 0 Å². The number of phenols is 1. The molecule has 1 aromatic heterocycles. The third kappa shape index (κ3) is 3.18. The van der Waals surface area contributed by atoms with Crippen molar-refractivity contribution in [3.05, 3.63) is 84.2 Å². The fourth-order valence-corrected chi connectivity index (χ4v) is 2.07. The molecule has 0 atom stereocenters. The zero-order chi connectivity index (χ0) is 14.5. The Balaban J connectivity index is 1.81. The minimum absolute atomic E-state index is 0.283. The Morgan fingerprint density at radius 2 is 1.71 bits per heavy atom. The van der Waals surface area contributed by atoms with Gasteiger partial charge in [0.15, 0.2) is 0 Å². The first-order valence-corrected chi connectivity index (χ1v) is 6.71. The molecule has 0 saturated carbocycles. The maximum absolute atomic E-state index is 9.72. The van der Waals surface area contributed by atoms with Gasteiger partial charge in [0.25, 0.3) is 0 Å². The summed E-state index contributed by atoms with van der Waals surface area (Å²) in [5.41, 5.74) is 3.98. The average molecular weight is 272 g/mol. The van der Waals surface area contributed by atoms with Crippen molar-refractivity contribution in [1.29, 1.82) is 0 Å². The zero-order valence-electron chi connectivity index (χ0n) is 11.4. The van der Waals surface area contributed by atoms with Gasteiger partial charge in [-0.1, -0.05) is 42.5 Å². The van der Waals surface area contributed by atoms with Crippen molar-refractivity contribution < 1.29 is 5.11 Å². The number of aromatic hydroxyl groups is 1. The van der Waals surface area contributed by atoms with E-state index < -0.39 is 0 Å². The topological polar surface area (TPSA) is 33.1 Å². The summed E-state index contributed by atoms with van der Waals surface area (Å²) in [4.78, 5) is 4.01. The van der Waals surface area contributed by atoms with E-state index >= 15 is 0 Å². The summed E-state index contributed by atoms with van der Waals surface area (Å²) in [6.07, 6.45) is 7.40. The zero-order valence-corrected chi connectivity index (χ0v) is 11.4. The molecule has 1 heterocycles. The normalized spacial score (nSPS) is 10.9. The van der Waals surface area contributed by atoms with Crippen LogP contribution in [0.1, 0.15) is 11.1 Å². The van der Waals surface area contributed by atoms with Crippen molar-refractivity contribution in [3.63, 3.8) is 0 Å². The van der Waals surface area contributed by atoms with Crippen molar-refractivity contribution in [1.82, 2.24) is 4.98 Å². The first-order valence-electron chi connectivity index (χ1n) is 6.71. The van der Waals surface area contributed by atoms with Gasteiger partial charge in [-0.15, -0.1) is 0 Å². The summed E-state index contributed by atoms with van der Waals surface area (Å²) in [5.74, 6) is 0.283. The molecule has 1 N–H and O–H groups in total. The van der Waals surface area contributed by atoms with E-state index in [2.05, 4.69) is 11.1 Å². The molecule has 1 radical (unpaired) electrons. The van der Waals surface area contributed by atoms with E-state index in [0.717, 1.165) is 22.3 Å². The molecule has 2 heteroatoms. The quantitative estimate of drug-likeness (QED) is 0.716. The third-order valence-electron chi connectivity index (χ3n) is 3.22. The lowest BCUT2D eigenvalue weighted by Gasteiger charge is -2.01. The highest BCUT2D eigenvalue weighted by atomic mass is 16.3. The van der Waals surface area contributed by atoms with Gasteiger partial charge in [0.2, 0.25) is 0 Å². The van der Waals surface area contributed by atoms with Gasteiger partial charge in [-0.3, -0.25) is 4.98 Å². The van der Waals surface area contributed by atoms with Gasteiger partial charge in [-0.2, -0.15) is 0 Å². The summed E-state index contributed by atoms with van der Waals surface area (Å²) in [6, 6.07) is 20.4. The van der Waals surface area contributed by atoms with Gasteiger partial charge in [0.05, 0.1) is 0 Å². The average Bonchev–Trinajstić information content (AvgIpc) is 2.55. The maximum Gasteiger partial charge on any atom is 0.122 e. The lowest BCUT2D eigenvalue weighted by Crippen LogP contribution is -1.80. The minimum Gasteiger partial charge on any atom is -0.507 e. The number of hydrogen-bond acceptors (Lipinski definition) is 2. The second kappa shape index (κ2) is 6.06. The molecule has 0 saturated heterocycles. The lowest BCUT2D eigenvalue weighted by molar-refractivity contribution is 0.474. The van der Waals surface area contributed by atoms with Crippen LogP contribution in [0.5, 0.6) is 5.75 Å². The van der Waals surface area contributed by atoms with Gasteiger partial charge in [-0.05, 0) is 47.0 Å². The van der Waals surface area contributed by atoms with E-state index in [1.165, 1.54) is 0 Å². The van der Waals surface area contributed by atoms with Crippen molar-refractivity contribution in [2.45, 2.75) is 0 Å². The fraction of sp³-hybridized carbons (Fsp3) is 0. The number of pyridine rings is 1. The summed E-state index contributed by atoms with van der Waals surface area (Å²) in [6.45, 7) is 0. The van der Waals surface area contributed by atoms with Gasteiger partial charge in [-0.25, -0.2) is 0 Å². The summed E-state index contributed by atoms with van der Waals surface area (Å²) in [5, 5.41) is 9.72. The Hall–Kier alpha value is -2.87. The third-order valence-corrected chi connectivity index (χ3v) is 3.22. The second-order valence-electron chi connectivity index (χ2n) is 4.66. The number of aromatic nitrogens is 1.